The summed E-state index contributed by atoms with van der Waals surface area (Å²) in [6.07, 6.45) is 2.42. The lowest BCUT2D eigenvalue weighted by molar-refractivity contribution is 0.0316. The predicted octanol–water partition coefficient (Wildman–Crippen LogP) is 0.0417. The van der Waals surface area contributed by atoms with Gasteiger partial charge in [0.1, 0.15) is 0 Å². The molecule has 4 nitrogen and oxygen atoms in total. The Morgan fingerprint density at radius 3 is 3.00 bits per heavy atom. The van der Waals surface area contributed by atoms with Gasteiger partial charge in [-0.15, -0.1) is 0 Å². The van der Waals surface area contributed by atoms with Gasteiger partial charge < -0.3 is 15.4 Å². The van der Waals surface area contributed by atoms with Crippen LogP contribution in [0.2, 0.25) is 0 Å². The Labute approximate surface area is 78.8 Å². The standard InChI is InChI=1S/C9H17N3O/c1-12-8(5-11-9(12)10)7-3-2-4-13-6-7/h7-8H,2-6H2,1H3,(H2,10,11). The van der Waals surface area contributed by atoms with Crippen LogP contribution in [0, 0.1) is 5.92 Å². The van der Waals surface area contributed by atoms with Crippen LogP contribution in [0.15, 0.2) is 4.99 Å². The average Bonchev–Trinajstić information content (AvgIpc) is 2.49. The van der Waals surface area contributed by atoms with Crippen molar-refractivity contribution in [2.75, 3.05) is 26.8 Å². The van der Waals surface area contributed by atoms with Crippen molar-refractivity contribution in [3.8, 4) is 0 Å². The SMILES string of the molecule is CN1C(N)=NCC1C1CCCOC1. The normalized spacial score (nSPS) is 34.8. The van der Waals surface area contributed by atoms with Crippen LogP contribution in [0.5, 0.6) is 0 Å². The first-order valence-electron chi connectivity index (χ1n) is 4.89. The number of hydrogen-bond acceptors (Lipinski definition) is 4. The van der Waals surface area contributed by atoms with Crippen LogP contribution in [0.4, 0.5) is 0 Å². The van der Waals surface area contributed by atoms with E-state index in [9.17, 15) is 0 Å². The third kappa shape index (κ3) is 1.63. The van der Waals surface area contributed by atoms with E-state index in [0.717, 1.165) is 19.8 Å². The Morgan fingerprint density at radius 2 is 2.46 bits per heavy atom. The molecule has 2 N–H and O–H groups in total. The molecule has 0 aromatic rings. The lowest BCUT2D eigenvalue weighted by atomic mass is 9.93. The van der Waals surface area contributed by atoms with Gasteiger partial charge in [-0.3, -0.25) is 4.99 Å². The lowest BCUT2D eigenvalue weighted by Crippen LogP contribution is -2.44. The van der Waals surface area contributed by atoms with Crippen molar-refractivity contribution in [3.63, 3.8) is 0 Å². The molecule has 0 spiro atoms. The molecule has 4 heteroatoms. The first kappa shape index (κ1) is 8.81. The fourth-order valence-electron chi connectivity index (χ4n) is 2.13. The van der Waals surface area contributed by atoms with Crippen molar-refractivity contribution in [1.29, 1.82) is 0 Å². The second-order valence-corrected chi connectivity index (χ2v) is 3.85. The molecule has 0 aliphatic carbocycles. The van der Waals surface area contributed by atoms with Gasteiger partial charge in [0, 0.05) is 19.6 Å². The molecule has 2 rings (SSSR count). The van der Waals surface area contributed by atoms with Gasteiger partial charge in [-0.05, 0) is 12.8 Å². The van der Waals surface area contributed by atoms with Gasteiger partial charge in [0.2, 0.25) is 0 Å². The summed E-state index contributed by atoms with van der Waals surface area (Å²) in [6.45, 7) is 2.64. The van der Waals surface area contributed by atoms with Crippen LogP contribution in [0.1, 0.15) is 12.8 Å². The van der Waals surface area contributed by atoms with E-state index in [-0.39, 0.29) is 0 Å². The summed E-state index contributed by atoms with van der Waals surface area (Å²) in [6, 6.07) is 0.473. The van der Waals surface area contributed by atoms with Crippen LogP contribution >= 0.6 is 0 Å². The highest BCUT2D eigenvalue weighted by Gasteiger charge is 2.31. The molecule has 2 unspecified atom stereocenters. The molecule has 74 valence electrons. The maximum absolute atomic E-state index is 5.71. The summed E-state index contributed by atoms with van der Waals surface area (Å²) >= 11 is 0. The summed E-state index contributed by atoms with van der Waals surface area (Å²) in [7, 11) is 2.02. The van der Waals surface area contributed by atoms with E-state index in [0.29, 0.717) is 17.9 Å². The molecule has 0 saturated carbocycles. The molecule has 2 aliphatic heterocycles. The molecule has 0 radical (unpaired) electrons. The minimum atomic E-state index is 0.473. The van der Waals surface area contributed by atoms with E-state index in [1.807, 2.05) is 7.05 Å². The molecular formula is C9H17N3O. The first-order chi connectivity index (χ1) is 6.29. The number of guanidine groups is 1. The Hall–Kier alpha value is -0.770. The molecule has 2 aliphatic rings. The molecule has 2 atom stereocenters. The number of ether oxygens (including phenoxy) is 1. The number of nitrogens with zero attached hydrogens (tertiary/aromatic N) is 2. The van der Waals surface area contributed by atoms with Gasteiger partial charge in [-0.25, -0.2) is 0 Å². The third-order valence-corrected chi connectivity index (χ3v) is 3.04. The van der Waals surface area contributed by atoms with E-state index >= 15 is 0 Å². The van der Waals surface area contributed by atoms with E-state index < -0.39 is 0 Å². The van der Waals surface area contributed by atoms with E-state index in [1.165, 1.54) is 12.8 Å². The number of hydrogen-bond donors (Lipinski definition) is 1. The van der Waals surface area contributed by atoms with Crippen LogP contribution in [-0.4, -0.2) is 43.7 Å². The van der Waals surface area contributed by atoms with Gasteiger partial charge in [0.05, 0.1) is 19.2 Å². The van der Waals surface area contributed by atoms with Crippen molar-refractivity contribution in [2.45, 2.75) is 18.9 Å². The summed E-state index contributed by atoms with van der Waals surface area (Å²) in [5.74, 6) is 1.29. The van der Waals surface area contributed by atoms with Crippen LogP contribution in [-0.2, 0) is 4.74 Å². The molecule has 0 aromatic carbocycles. The Morgan fingerprint density at radius 1 is 1.62 bits per heavy atom. The highest BCUT2D eigenvalue weighted by Crippen LogP contribution is 2.23. The average molecular weight is 183 g/mol. The zero-order valence-corrected chi connectivity index (χ0v) is 8.07. The monoisotopic (exact) mass is 183 g/mol. The van der Waals surface area contributed by atoms with Gasteiger partial charge >= 0.3 is 0 Å². The molecule has 0 aromatic heterocycles. The van der Waals surface area contributed by atoms with Crippen LogP contribution in [0.25, 0.3) is 0 Å². The second kappa shape index (κ2) is 3.54. The number of rotatable bonds is 1. The fourth-order valence-corrected chi connectivity index (χ4v) is 2.13. The Kier molecular flexibility index (Phi) is 2.40. The zero-order valence-electron chi connectivity index (χ0n) is 8.07. The summed E-state index contributed by atoms with van der Waals surface area (Å²) in [4.78, 5) is 6.32. The fraction of sp³-hybridized carbons (Fsp3) is 0.889. The van der Waals surface area contributed by atoms with Gasteiger partial charge in [-0.1, -0.05) is 0 Å². The number of nitrogens with two attached hydrogens (primary N) is 1. The number of likely N-dealkylation sites (N-methyl/N-ethyl adjacent to an activating group) is 1. The highest BCUT2D eigenvalue weighted by molar-refractivity contribution is 5.79. The van der Waals surface area contributed by atoms with Crippen molar-refractivity contribution in [1.82, 2.24) is 4.90 Å². The van der Waals surface area contributed by atoms with Crippen LogP contribution in [0.3, 0.4) is 0 Å². The summed E-state index contributed by atoms with van der Waals surface area (Å²) in [5.41, 5.74) is 5.71. The lowest BCUT2D eigenvalue weighted by Gasteiger charge is -2.32. The van der Waals surface area contributed by atoms with Crippen molar-refractivity contribution in [3.05, 3.63) is 0 Å². The van der Waals surface area contributed by atoms with Crippen LogP contribution < -0.4 is 5.73 Å². The molecule has 0 amide bonds. The van der Waals surface area contributed by atoms with Crippen molar-refractivity contribution in [2.24, 2.45) is 16.6 Å². The quantitative estimate of drug-likeness (QED) is 0.624. The molecule has 1 fully saturated rings. The first-order valence-corrected chi connectivity index (χ1v) is 4.89. The Bertz CT molecular complexity index is 211. The maximum atomic E-state index is 5.71. The summed E-state index contributed by atoms with van der Waals surface area (Å²) < 4.78 is 5.46. The van der Waals surface area contributed by atoms with Crippen molar-refractivity contribution < 1.29 is 4.74 Å². The summed E-state index contributed by atoms with van der Waals surface area (Å²) in [5, 5.41) is 0. The minimum absolute atomic E-state index is 0.473. The minimum Gasteiger partial charge on any atom is -0.381 e. The van der Waals surface area contributed by atoms with E-state index in [1.54, 1.807) is 0 Å². The molecule has 2 heterocycles. The predicted molar refractivity (Wildman–Crippen MR) is 51.6 cm³/mol. The van der Waals surface area contributed by atoms with Gasteiger partial charge in [0.25, 0.3) is 0 Å². The third-order valence-electron chi connectivity index (χ3n) is 3.04. The number of aliphatic imine (C=N–C) groups is 1. The largest absolute Gasteiger partial charge is 0.381 e. The van der Waals surface area contributed by atoms with E-state index in [4.69, 9.17) is 10.5 Å². The Balaban J connectivity index is 1.94. The topological polar surface area (TPSA) is 50.8 Å². The molecule has 1 saturated heterocycles. The smallest absolute Gasteiger partial charge is 0.191 e. The maximum Gasteiger partial charge on any atom is 0.191 e. The second-order valence-electron chi connectivity index (χ2n) is 3.85. The van der Waals surface area contributed by atoms with Crippen molar-refractivity contribution >= 4 is 5.96 Å². The highest BCUT2D eigenvalue weighted by atomic mass is 16.5. The zero-order chi connectivity index (χ0) is 9.26. The van der Waals surface area contributed by atoms with Gasteiger partial charge in [-0.2, -0.15) is 0 Å². The molecule has 13 heavy (non-hydrogen) atoms. The van der Waals surface area contributed by atoms with Gasteiger partial charge in [0.15, 0.2) is 5.96 Å². The van der Waals surface area contributed by atoms with E-state index in [2.05, 4.69) is 9.89 Å². The molecule has 0 bridgehead atoms. The molecular weight excluding hydrogens is 166 g/mol.